The number of thiophene rings is 1. The van der Waals surface area contributed by atoms with Gasteiger partial charge < -0.3 is 9.47 Å². The molecule has 0 saturated carbocycles. The molecular weight excluding hydrogens is 303 g/mol. The molecule has 2 nitrogen and oxygen atoms in total. The molecule has 1 unspecified atom stereocenters. The number of alkyl halides is 1. The Morgan fingerprint density at radius 1 is 1.11 bits per heavy atom. The molecule has 0 N–H and O–H groups in total. The highest BCUT2D eigenvalue weighted by Gasteiger charge is 2.18. The summed E-state index contributed by atoms with van der Waals surface area (Å²) in [5.74, 6) is 1.38. The topological polar surface area (TPSA) is 18.5 Å². The van der Waals surface area contributed by atoms with Crippen LogP contribution in [-0.2, 0) is 0 Å². The first kappa shape index (κ1) is 14.5. The number of hydrogen-bond acceptors (Lipinski definition) is 3. The number of methoxy groups -OCH3 is 2. The molecule has 1 aromatic carbocycles. The smallest absolute Gasteiger partial charge is 0.161 e. The summed E-state index contributed by atoms with van der Waals surface area (Å²) in [5.41, 5.74) is 2.06. The van der Waals surface area contributed by atoms with Gasteiger partial charge in [-0.3, -0.25) is 0 Å². The maximum Gasteiger partial charge on any atom is 0.161 e. The largest absolute Gasteiger partial charge is 0.493 e. The number of hydrogen-bond donors (Lipinski definition) is 0. The molecule has 2 aromatic rings. The van der Waals surface area contributed by atoms with Gasteiger partial charge in [0.05, 0.1) is 23.9 Å². The molecule has 5 heteroatoms. The summed E-state index contributed by atoms with van der Waals surface area (Å²) in [5, 5.41) is -0.239. The Labute approximate surface area is 126 Å². The molecule has 19 heavy (non-hydrogen) atoms. The first-order valence-corrected chi connectivity index (χ1v) is 7.31. The van der Waals surface area contributed by atoms with Gasteiger partial charge in [-0.15, -0.1) is 22.9 Å². The summed E-state index contributed by atoms with van der Waals surface area (Å²) in [6.07, 6.45) is 0. The normalized spacial score (nSPS) is 12.3. The highest BCUT2D eigenvalue weighted by atomic mass is 35.5. The molecule has 2 rings (SSSR count). The number of halogens is 2. The van der Waals surface area contributed by atoms with Crippen LogP contribution in [0.2, 0.25) is 4.34 Å². The van der Waals surface area contributed by atoms with E-state index in [9.17, 15) is 0 Å². The summed E-state index contributed by atoms with van der Waals surface area (Å²) in [4.78, 5) is 1.02. The summed E-state index contributed by atoms with van der Waals surface area (Å²) < 4.78 is 11.3. The van der Waals surface area contributed by atoms with E-state index >= 15 is 0 Å². The van der Waals surface area contributed by atoms with Crippen molar-refractivity contribution in [2.45, 2.75) is 12.3 Å². The van der Waals surface area contributed by atoms with Gasteiger partial charge in [0, 0.05) is 4.88 Å². The monoisotopic (exact) mass is 316 g/mol. The summed E-state index contributed by atoms with van der Waals surface area (Å²) in [6, 6.07) is 7.64. The summed E-state index contributed by atoms with van der Waals surface area (Å²) in [6.45, 7) is 2.00. The first-order valence-electron chi connectivity index (χ1n) is 5.68. The third-order valence-electron chi connectivity index (χ3n) is 2.89. The molecule has 0 aliphatic rings. The molecule has 0 aliphatic heterocycles. The standard InChI is InChI=1S/C14H14Cl2O2S/c1-8-6-10(17-2)11(18-3)7-9(8)14(16)12-4-5-13(15)19-12/h4-7,14H,1-3H3. The van der Waals surface area contributed by atoms with Gasteiger partial charge in [-0.05, 0) is 42.3 Å². The van der Waals surface area contributed by atoms with E-state index in [2.05, 4.69) is 0 Å². The lowest BCUT2D eigenvalue weighted by atomic mass is 10.0. The highest BCUT2D eigenvalue weighted by molar-refractivity contribution is 7.16. The second kappa shape index (κ2) is 6.04. The van der Waals surface area contributed by atoms with Crippen LogP contribution in [0.5, 0.6) is 11.5 Å². The zero-order valence-electron chi connectivity index (χ0n) is 10.9. The Balaban J connectivity index is 2.44. The van der Waals surface area contributed by atoms with Gasteiger partial charge in [0.1, 0.15) is 0 Å². The Morgan fingerprint density at radius 2 is 1.74 bits per heavy atom. The van der Waals surface area contributed by atoms with E-state index in [1.807, 2.05) is 31.2 Å². The van der Waals surface area contributed by atoms with Crippen molar-refractivity contribution >= 4 is 34.5 Å². The molecule has 1 atom stereocenters. The predicted octanol–water partition coefficient (Wildman–Crippen LogP) is 5.06. The molecule has 0 saturated heterocycles. The fraction of sp³-hybridized carbons (Fsp3) is 0.286. The van der Waals surface area contributed by atoms with E-state index in [-0.39, 0.29) is 5.38 Å². The van der Waals surface area contributed by atoms with E-state index in [1.165, 1.54) is 11.3 Å². The molecule has 0 fully saturated rings. The quantitative estimate of drug-likeness (QED) is 0.734. The summed E-state index contributed by atoms with van der Waals surface area (Å²) in [7, 11) is 3.23. The molecule has 102 valence electrons. The summed E-state index contributed by atoms with van der Waals surface area (Å²) >= 11 is 14.0. The third-order valence-corrected chi connectivity index (χ3v) is 4.78. The molecule has 0 radical (unpaired) electrons. The number of aryl methyl sites for hydroxylation is 1. The Hall–Kier alpha value is -0.900. The zero-order chi connectivity index (χ0) is 14.0. The lowest BCUT2D eigenvalue weighted by Gasteiger charge is -2.15. The van der Waals surface area contributed by atoms with Crippen LogP contribution < -0.4 is 9.47 Å². The fourth-order valence-corrected chi connectivity index (χ4v) is 3.39. The first-order chi connectivity index (χ1) is 9.06. The van der Waals surface area contributed by atoms with Crippen LogP contribution in [0.4, 0.5) is 0 Å². The second-order valence-corrected chi connectivity index (χ2v) is 6.25. The average molecular weight is 317 g/mol. The van der Waals surface area contributed by atoms with Gasteiger partial charge in [0.15, 0.2) is 11.5 Å². The minimum atomic E-state index is -0.239. The van der Waals surface area contributed by atoms with Crippen molar-refractivity contribution in [3.05, 3.63) is 44.6 Å². The minimum absolute atomic E-state index is 0.239. The zero-order valence-corrected chi connectivity index (χ0v) is 13.2. The predicted molar refractivity (Wildman–Crippen MR) is 81.3 cm³/mol. The number of benzene rings is 1. The van der Waals surface area contributed by atoms with Gasteiger partial charge in [-0.1, -0.05) is 11.6 Å². The SMILES string of the molecule is COc1cc(C)c(C(Cl)c2ccc(Cl)s2)cc1OC. The average Bonchev–Trinajstić information content (AvgIpc) is 2.84. The van der Waals surface area contributed by atoms with E-state index in [0.717, 1.165) is 20.3 Å². The van der Waals surface area contributed by atoms with Crippen LogP contribution in [0, 0.1) is 6.92 Å². The minimum Gasteiger partial charge on any atom is -0.493 e. The lowest BCUT2D eigenvalue weighted by molar-refractivity contribution is 0.354. The van der Waals surface area contributed by atoms with Crippen LogP contribution in [0.1, 0.15) is 21.4 Å². The van der Waals surface area contributed by atoms with E-state index < -0.39 is 0 Å². The van der Waals surface area contributed by atoms with Crippen LogP contribution >= 0.6 is 34.5 Å². The molecule has 0 aliphatic carbocycles. The van der Waals surface area contributed by atoms with Crippen molar-refractivity contribution in [1.82, 2.24) is 0 Å². The molecule has 0 spiro atoms. The van der Waals surface area contributed by atoms with Crippen LogP contribution in [-0.4, -0.2) is 14.2 Å². The Kier molecular flexibility index (Phi) is 4.61. The van der Waals surface area contributed by atoms with E-state index in [0.29, 0.717) is 11.5 Å². The molecule has 0 bridgehead atoms. The van der Waals surface area contributed by atoms with E-state index in [4.69, 9.17) is 32.7 Å². The van der Waals surface area contributed by atoms with Gasteiger partial charge in [0.25, 0.3) is 0 Å². The van der Waals surface area contributed by atoms with Crippen molar-refractivity contribution in [1.29, 1.82) is 0 Å². The van der Waals surface area contributed by atoms with Crippen molar-refractivity contribution < 1.29 is 9.47 Å². The van der Waals surface area contributed by atoms with Crippen LogP contribution in [0.3, 0.4) is 0 Å². The van der Waals surface area contributed by atoms with Crippen molar-refractivity contribution in [3.8, 4) is 11.5 Å². The Bertz CT molecular complexity index is 581. The lowest BCUT2D eigenvalue weighted by Crippen LogP contribution is -1.98. The second-order valence-electron chi connectivity index (χ2n) is 4.07. The number of rotatable bonds is 4. The van der Waals surface area contributed by atoms with Crippen molar-refractivity contribution in [2.75, 3.05) is 14.2 Å². The maximum atomic E-state index is 6.53. The Morgan fingerprint density at radius 3 is 2.26 bits per heavy atom. The molecule has 0 amide bonds. The van der Waals surface area contributed by atoms with Crippen LogP contribution in [0.15, 0.2) is 24.3 Å². The van der Waals surface area contributed by atoms with Crippen LogP contribution in [0.25, 0.3) is 0 Å². The third kappa shape index (κ3) is 2.99. The fourth-order valence-electron chi connectivity index (χ4n) is 1.89. The molecule has 1 aromatic heterocycles. The number of ether oxygens (including phenoxy) is 2. The molecular formula is C14H14Cl2O2S. The maximum absolute atomic E-state index is 6.53. The van der Waals surface area contributed by atoms with Gasteiger partial charge in [0.2, 0.25) is 0 Å². The molecule has 1 heterocycles. The van der Waals surface area contributed by atoms with Gasteiger partial charge in [-0.25, -0.2) is 0 Å². The van der Waals surface area contributed by atoms with Gasteiger partial charge >= 0.3 is 0 Å². The van der Waals surface area contributed by atoms with Crippen molar-refractivity contribution in [2.24, 2.45) is 0 Å². The van der Waals surface area contributed by atoms with Gasteiger partial charge in [-0.2, -0.15) is 0 Å². The highest BCUT2D eigenvalue weighted by Crippen LogP contribution is 2.40. The van der Waals surface area contributed by atoms with Crippen molar-refractivity contribution in [3.63, 3.8) is 0 Å². The van der Waals surface area contributed by atoms with E-state index in [1.54, 1.807) is 14.2 Å².